The number of pyridine rings is 1. The normalized spacial score (nSPS) is 10.3. The Kier molecular flexibility index (Phi) is 4.26. The molecule has 1 aromatic heterocycles. The van der Waals surface area contributed by atoms with E-state index < -0.39 is 4.92 Å². The number of hydrogen-bond acceptors (Lipinski definition) is 5. The number of nitrogens with zero attached hydrogens (tertiary/aromatic N) is 3. The number of nitro benzene ring substituents is 1. The monoisotopic (exact) mass is 281 g/mol. The molecule has 1 aromatic carbocycles. The first-order valence-electron chi connectivity index (χ1n) is 6.00. The Morgan fingerprint density at radius 1 is 1.33 bits per heavy atom. The van der Waals surface area contributed by atoms with Crippen LogP contribution in [0.1, 0.15) is 16.8 Å². The van der Waals surface area contributed by atoms with Crippen molar-refractivity contribution in [2.24, 2.45) is 0 Å². The molecule has 21 heavy (non-hydrogen) atoms. The first kappa shape index (κ1) is 14.2. The lowest BCUT2D eigenvalue weighted by Crippen LogP contribution is -1.93. The van der Waals surface area contributed by atoms with Crippen molar-refractivity contribution in [3.63, 3.8) is 0 Å². The van der Waals surface area contributed by atoms with Crippen molar-refractivity contribution in [1.82, 2.24) is 4.98 Å². The SMILES string of the molecule is COc1ccc(C=Cc2ccc(C#N)cn2)cc1[N+](=O)[O-]. The van der Waals surface area contributed by atoms with Gasteiger partial charge in [-0.2, -0.15) is 5.26 Å². The fraction of sp³-hybridized carbons (Fsp3) is 0.0667. The number of aromatic nitrogens is 1. The summed E-state index contributed by atoms with van der Waals surface area (Å²) in [6, 6.07) is 10.0. The minimum absolute atomic E-state index is 0.0903. The predicted molar refractivity (Wildman–Crippen MR) is 77.5 cm³/mol. The molecule has 0 aliphatic carbocycles. The van der Waals surface area contributed by atoms with E-state index in [0.29, 0.717) is 16.8 Å². The molecule has 104 valence electrons. The molecule has 0 saturated heterocycles. The van der Waals surface area contributed by atoms with E-state index in [2.05, 4.69) is 4.98 Å². The summed E-state index contributed by atoms with van der Waals surface area (Å²) in [4.78, 5) is 14.5. The molecule has 0 atom stereocenters. The standard InChI is InChI=1S/C15H11N3O3/c1-21-15-7-4-11(8-14(15)18(19)20)2-5-13-6-3-12(9-16)10-17-13/h2-8,10H,1H3. The molecule has 0 spiro atoms. The van der Waals surface area contributed by atoms with Crippen LogP contribution in [0, 0.1) is 21.4 Å². The van der Waals surface area contributed by atoms with Crippen LogP contribution >= 0.6 is 0 Å². The van der Waals surface area contributed by atoms with Crippen molar-refractivity contribution in [2.45, 2.75) is 0 Å². The summed E-state index contributed by atoms with van der Waals surface area (Å²) in [7, 11) is 1.39. The smallest absolute Gasteiger partial charge is 0.311 e. The molecule has 0 fully saturated rings. The van der Waals surface area contributed by atoms with Crippen LogP contribution < -0.4 is 4.74 Å². The number of hydrogen-bond donors (Lipinski definition) is 0. The second-order valence-corrected chi connectivity index (χ2v) is 4.11. The second-order valence-electron chi connectivity index (χ2n) is 4.11. The average molecular weight is 281 g/mol. The van der Waals surface area contributed by atoms with Crippen LogP contribution in [0.2, 0.25) is 0 Å². The quantitative estimate of drug-likeness (QED) is 0.634. The Hall–Kier alpha value is -3.20. The minimum Gasteiger partial charge on any atom is -0.490 e. The largest absolute Gasteiger partial charge is 0.490 e. The summed E-state index contributed by atoms with van der Waals surface area (Å²) >= 11 is 0. The summed E-state index contributed by atoms with van der Waals surface area (Å²) < 4.78 is 4.94. The van der Waals surface area contributed by atoms with Gasteiger partial charge in [0.1, 0.15) is 6.07 Å². The molecular formula is C15H11N3O3. The average Bonchev–Trinajstić information content (AvgIpc) is 2.53. The summed E-state index contributed by atoms with van der Waals surface area (Å²) in [5.41, 5.74) is 1.71. The molecule has 0 N–H and O–H groups in total. The lowest BCUT2D eigenvalue weighted by molar-refractivity contribution is -0.385. The van der Waals surface area contributed by atoms with Gasteiger partial charge < -0.3 is 4.74 Å². The maximum Gasteiger partial charge on any atom is 0.311 e. The first-order valence-corrected chi connectivity index (χ1v) is 6.00. The van der Waals surface area contributed by atoms with Gasteiger partial charge in [-0.25, -0.2) is 0 Å². The van der Waals surface area contributed by atoms with Gasteiger partial charge in [0.2, 0.25) is 0 Å². The van der Waals surface area contributed by atoms with Gasteiger partial charge >= 0.3 is 5.69 Å². The summed E-state index contributed by atoms with van der Waals surface area (Å²) in [6.45, 7) is 0. The van der Waals surface area contributed by atoms with Gasteiger partial charge in [-0.3, -0.25) is 15.1 Å². The minimum atomic E-state index is -0.490. The van der Waals surface area contributed by atoms with E-state index in [1.807, 2.05) is 6.07 Å². The van der Waals surface area contributed by atoms with Crippen LogP contribution in [0.3, 0.4) is 0 Å². The third kappa shape index (κ3) is 3.42. The van der Waals surface area contributed by atoms with Crippen molar-refractivity contribution in [3.05, 3.63) is 63.5 Å². The predicted octanol–water partition coefficient (Wildman–Crippen LogP) is 3.04. The van der Waals surface area contributed by atoms with E-state index in [0.717, 1.165) is 0 Å². The Balaban J connectivity index is 2.26. The number of methoxy groups -OCH3 is 1. The molecule has 0 aliphatic rings. The molecule has 0 radical (unpaired) electrons. The highest BCUT2D eigenvalue weighted by atomic mass is 16.6. The van der Waals surface area contributed by atoms with Gasteiger partial charge in [0, 0.05) is 12.3 Å². The zero-order chi connectivity index (χ0) is 15.2. The number of ether oxygens (including phenoxy) is 1. The van der Waals surface area contributed by atoms with E-state index in [9.17, 15) is 10.1 Å². The van der Waals surface area contributed by atoms with Crippen LogP contribution in [0.4, 0.5) is 5.69 Å². The highest BCUT2D eigenvalue weighted by Crippen LogP contribution is 2.28. The fourth-order valence-electron chi connectivity index (χ4n) is 1.70. The molecule has 6 heteroatoms. The third-order valence-corrected chi connectivity index (χ3v) is 2.76. The molecule has 2 aromatic rings. The molecule has 0 unspecified atom stereocenters. The highest BCUT2D eigenvalue weighted by Gasteiger charge is 2.14. The highest BCUT2D eigenvalue weighted by molar-refractivity contribution is 5.70. The lowest BCUT2D eigenvalue weighted by Gasteiger charge is -2.02. The van der Waals surface area contributed by atoms with E-state index in [1.165, 1.54) is 19.4 Å². The van der Waals surface area contributed by atoms with Crippen LogP contribution in [-0.2, 0) is 0 Å². The number of nitro groups is 1. The number of rotatable bonds is 4. The van der Waals surface area contributed by atoms with Crippen molar-refractivity contribution in [3.8, 4) is 11.8 Å². The Morgan fingerprint density at radius 2 is 2.14 bits per heavy atom. The van der Waals surface area contributed by atoms with Gasteiger partial charge in [-0.15, -0.1) is 0 Å². The molecule has 1 heterocycles. The molecule has 6 nitrogen and oxygen atoms in total. The van der Waals surface area contributed by atoms with Gasteiger partial charge in [0.05, 0.1) is 23.3 Å². The zero-order valence-electron chi connectivity index (χ0n) is 11.2. The second kappa shape index (κ2) is 6.30. The third-order valence-electron chi connectivity index (χ3n) is 2.76. The molecule has 0 amide bonds. The van der Waals surface area contributed by atoms with Crippen molar-refractivity contribution >= 4 is 17.8 Å². The Bertz CT molecular complexity index is 731. The summed E-state index contributed by atoms with van der Waals surface area (Å²) in [5.74, 6) is 0.216. The summed E-state index contributed by atoms with van der Waals surface area (Å²) in [5, 5.41) is 19.6. The number of benzene rings is 1. The molecule has 0 bridgehead atoms. The lowest BCUT2D eigenvalue weighted by atomic mass is 10.1. The first-order chi connectivity index (χ1) is 10.1. The zero-order valence-corrected chi connectivity index (χ0v) is 11.2. The van der Waals surface area contributed by atoms with E-state index >= 15 is 0 Å². The van der Waals surface area contributed by atoms with Crippen molar-refractivity contribution < 1.29 is 9.66 Å². The molecular weight excluding hydrogens is 270 g/mol. The summed E-state index contributed by atoms with van der Waals surface area (Å²) in [6.07, 6.45) is 4.89. The maximum absolute atomic E-state index is 10.9. The van der Waals surface area contributed by atoms with Gasteiger partial charge in [0.25, 0.3) is 0 Å². The van der Waals surface area contributed by atoms with E-state index in [4.69, 9.17) is 10.00 Å². The van der Waals surface area contributed by atoms with Crippen molar-refractivity contribution in [1.29, 1.82) is 5.26 Å². The van der Waals surface area contributed by atoms with Gasteiger partial charge in [-0.05, 0) is 29.8 Å². The molecule has 0 aliphatic heterocycles. The van der Waals surface area contributed by atoms with Crippen LogP contribution in [0.25, 0.3) is 12.2 Å². The molecule has 2 rings (SSSR count). The van der Waals surface area contributed by atoms with Gasteiger partial charge in [-0.1, -0.05) is 12.1 Å². The molecule has 0 saturated carbocycles. The van der Waals surface area contributed by atoms with Crippen molar-refractivity contribution in [2.75, 3.05) is 7.11 Å². The maximum atomic E-state index is 10.9. The van der Waals surface area contributed by atoms with Crippen LogP contribution in [0.5, 0.6) is 5.75 Å². The van der Waals surface area contributed by atoms with Gasteiger partial charge in [0.15, 0.2) is 5.75 Å². The Morgan fingerprint density at radius 3 is 2.71 bits per heavy atom. The van der Waals surface area contributed by atoms with Crippen LogP contribution in [-0.4, -0.2) is 17.0 Å². The topological polar surface area (TPSA) is 89.0 Å². The van der Waals surface area contributed by atoms with E-state index in [-0.39, 0.29) is 11.4 Å². The van der Waals surface area contributed by atoms with Crippen LogP contribution in [0.15, 0.2) is 36.5 Å². The Labute approximate surface area is 121 Å². The number of nitriles is 1. The van der Waals surface area contributed by atoms with E-state index in [1.54, 1.807) is 36.4 Å². The fourth-order valence-corrected chi connectivity index (χ4v) is 1.70.